The highest BCUT2D eigenvalue weighted by atomic mass is 16.6. The molecule has 0 fully saturated rings. The van der Waals surface area contributed by atoms with Crippen molar-refractivity contribution in [2.24, 2.45) is 0 Å². The Bertz CT molecular complexity index is 1060. The lowest BCUT2D eigenvalue weighted by Gasteiger charge is -2.29. The van der Waals surface area contributed by atoms with Crippen LogP contribution in [0.2, 0.25) is 0 Å². The van der Waals surface area contributed by atoms with E-state index in [0.29, 0.717) is 35.8 Å². The van der Waals surface area contributed by atoms with E-state index in [1.54, 1.807) is 20.0 Å². The normalized spacial score (nSPS) is 15.2. The second-order valence-electron chi connectivity index (χ2n) is 6.90. The largest absolute Gasteiger partial charge is 0.486 e. The number of esters is 1. The van der Waals surface area contributed by atoms with Crippen LogP contribution < -0.4 is 9.47 Å². The number of nitrogens with zero attached hydrogens (tertiary/aromatic N) is 1. The molecular weight excluding hydrogens is 374 g/mol. The second kappa shape index (κ2) is 7.87. The van der Waals surface area contributed by atoms with Crippen LogP contribution >= 0.6 is 0 Å². The third-order valence-electron chi connectivity index (χ3n) is 4.83. The molecule has 150 valence electrons. The van der Waals surface area contributed by atoms with E-state index >= 15 is 0 Å². The Balaban J connectivity index is 1.32. The summed E-state index contributed by atoms with van der Waals surface area (Å²) in [5.41, 5.74) is 1.30. The molecule has 0 radical (unpaired) electrons. The molecule has 2 heterocycles. The van der Waals surface area contributed by atoms with Crippen molar-refractivity contribution in [2.45, 2.75) is 13.0 Å². The maximum absolute atomic E-state index is 12.4. The summed E-state index contributed by atoms with van der Waals surface area (Å²) in [5, 5.41) is 0.845. The van der Waals surface area contributed by atoms with Gasteiger partial charge < -0.3 is 23.5 Å². The van der Waals surface area contributed by atoms with E-state index in [1.807, 2.05) is 42.5 Å². The first-order valence-electron chi connectivity index (χ1n) is 9.30. The topological polar surface area (TPSA) is 78.2 Å². The van der Waals surface area contributed by atoms with E-state index in [9.17, 15) is 9.59 Å². The van der Waals surface area contributed by atoms with E-state index in [-0.39, 0.29) is 24.4 Å². The van der Waals surface area contributed by atoms with Crippen LogP contribution in [-0.4, -0.2) is 49.7 Å². The first-order chi connectivity index (χ1) is 14.0. The van der Waals surface area contributed by atoms with Gasteiger partial charge in [-0.15, -0.1) is 0 Å². The molecule has 0 bridgehead atoms. The van der Waals surface area contributed by atoms with Gasteiger partial charge in [0.1, 0.15) is 12.2 Å². The lowest BCUT2D eigenvalue weighted by atomic mass is 10.1. The van der Waals surface area contributed by atoms with Gasteiger partial charge in [-0.25, -0.2) is 4.79 Å². The lowest BCUT2D eigenvalue weighted by molar-refractivity contribution is -0.134. The Morgan fingerprint density at radius 1 is 1.10 bits per heavy atom. The number of carbonyl (C=O) groups excluding carboxylic acids is 2. The first-order valence-corrected chi connectivity index (χ1v) is 9.30. The molecule has 3 aromatic rings. The number of furan rings is 1. The highest BCUT2D eigenvalue weighted by molar-refractivity contribution is 5.96. The molecule has 1 atom stereocenters. The minimum Gasteiger partial charge on any atom is -0.486 e. The summed E-state index contributed by atoms with van der Waals surface area (Å²) in [4.78, 5) is 26.2. The fraction of sp³-hybridized carbons (Fsp3) is 0.273. The lowest BCUT2D eigenvalue weighted by Crippen LogP contribution is -2.43. The van der Waals surface area contributed by atoms with Crippen LogP contribution in [0.1, 0.15) is 16.1 Å². The number of fused-ring (bicyclic) bond motifs is 2. The molecule has 7 heteroatoms. The minimum atomic E-state index is -0.661. The molecule has 1 amide bonds. The van der Waals surface area contributed by atoms with E-state index in [0.717, 1.165) is 5.39 Å². The van der Waals surface area contributed by atoms with E-state index < -0.39 is 5.97 Å². The Hall–Kier alpha value is -3.48. The zero-order valence-electron chi connectivity index (χ0n) is 16.2. The summed E-state index contributed by atoms with van der Waals surface area (Å²) in [7, 11) is 1.63. The molecule has 0 N–H and O–H groups in total. The van der Waals surface area contributed by atoms with Gasteiger partial charge in [-0.1, -0.05) is 30.3 Å². The van der Waals surface area contributed by atoms with Crippen LogP contribution in [0, 0.1) is 6.92 Å². The molecule has 2 aromatic carbocycles. The number of amides is 1. The van der Waals surface area contributed by atoms with Gasteiger partial charge >= 0.3 is 5.97 Å². The van der Waals surface area contributed by atoms with Gasteiger partial charge in [0.15, 0.2) is 24.2 Å². The molecule has 1 unspecified atom stereocenters. The van der Waals surface area contributed by atoms with E-state index in [4.69, 9.17) is 18.6 Å². The number of hydrogen-bond donors (Lipinski definition) is 0. The van der Waals surface area contributed by atoms with Gasteiger partial charge in [0.2, 0.25) is 5.76 Å². The van der Waals surface area contributed by atoms with Crippen molar-refractivity contribution in [3.8, 4) is 11.5 Å². The summed E-state index contributed by atoms with van der Waals surface area (Å²) < 4.78 is 22.3. The smallest absolute Gasteiger partial charge is 0.375 e. The molecule has 0 saturated heterocycles. The van der Waals surface area contributed by atoms with Gasteiger partial charge in [-0.3, -0.25) is 4.79 Å². The predicted molar refractivity (Wildman–Crippen MR) is 105 cm³/mol. The molecule has 1 aliphatic heterocycles. The summed E-state index contributed by atoms with van der Waals surface area (Å²) in [6, 6.07) is 14.7. The third kappa shape index (κ3) is 3.89. The van der Waals surface area contributed by atoms with Crippen LogP contribution in [-0.2, 0) is 9.53 Å². The van der Waals surface area contributed by atoms with Gasteiger partial charge in [-0.2, -0.15) is 0 Å². The summed E-state index contributed by atoms with van der Waals surface area (Å²) in [5.74, 6) is 0.452. The highest BCUT2D eigenvalue weighted by Gasteiger charge is 2.25. The molecular formula is C22H21NO6. The van der Waals surface area contributed by atoms with Crippen molar-refractivity contribution in [1.29, 1.82) is 0 Å². The van der Waals surface area contributed by atoms with Gasteiger partial charge in [-0.05, 0) is 25.1 Å². The van der Waals surface area contributed by atoms with Crippen LogP contribution in [0.5, 0.6) is 11.5 Å². The summed E-state index contributed by atoms with van der Waals surface area (Å²) in [6.07, 6.45) is -0.299. The second-order valence-corrected chi connectivity index (χ2v) is 6.90. The number of rotatable bonds is 5. The van der Waals surface area contributed by atoms with Crippen LogP contribution in [0.25, 0.3) is 11.0 Å². The minimum absolute atomic E-state index is 0.113. The summed E-state index contributed by atoms with van der Waals surface area (Å²) in [6.45, 7) is 2.06. The first kappa shape index (κ1) is 18.9. The molecule has 7 nitrogen and oxygen atoms in total. The molecule has 1 aliphatic rings. The number of likely N-dealkylation sites (N-methyl/N-ethyl adjacent to an activating group) is 1. The van der Waals surface area contributed by atoms with Gasteiger partial charge in [0.05, 0.1) is 6.54 Å². The Labute approximate surface area is 167 Å². The number of para-hydroxylation sites is 3. The molecule has 0 spiro atoms. The van der Waals surface area contributed by atoms with Gasteiger partial charge in [0.25, 0.3) is 5.91 Å². The monoisotopic (exact) mass is 395 g/mol. The third-order valence-corrected chi connectivity index (χ3v) is 4.83. The molecule has 29 heavy (non-hydrogen) atoms. The van der Waals surface area contributed by atoms with E-state index in [1.165, 1.54) is 4.90 Å². The average molecular weight is 395 g/mol. The molecule has 0 saturated carbocycles. The number of benzene rings is 2. The number of ether oxygens (including phenoxy) is 3. The molecule has 1 aromatic heterocycles. The number of carbonyl (C=O) groups is 2. The SMILES string of the molecule is Cc1c(C(=O)OCC(=O)N(C)CC2COc3ccccc3O2)oc2ccccc12. The number of hydrogen-bond acceptors (Lipinski definition) is 6. The maximum Gasteiger partial charge on any atom is 0.375 e. The van der Waals surface area contributed by atoms with Gasteiger partial charge in [0, 0.05) is 18.0 Å². The predicted octanol–water partition coefficient (Wildman–Crippen LogP) is 3.20. The Morgan fingerprint density at radius 2 is 1.83 bits per heavy atom. The van der Waals surface area contributed by atoms with Crippen LogP contribution in [0.3, 0.4) is 0 Å². The standard InChI is InChI=1S/C22H21NO6/c1-14-16-7-3-4-8-17(16)29-21(14)22(25)27-13-20(24)23(2)11-15-12-26-18-9-5-6-10-19(18)28-15/h3-10,15H,11-13H2,1-2H3. The Kier molecular flexibility index (Phi) is 5.12. The average Bonchev–Trinajstić information content (AvgIpc) is 3.08. The fourth-order valence-electron chi connectivity index (χ4n) is 3.23. The van der Waals surface area contributed by atoms with Crippen molar-refractivity contribution >= 4 is 22.8 Å². The quantitative estimate of drug-likeness (QED) is 0.618. The maximum atomic E-state index is 12.4. The molecule has 0 aliphatic carbocycles. The summed E-state index contributed by atoms with van der Waals surface area (Å²) >= 11 is 0. The number of aryl methyl sites for hydroxylation is 1. The zero-order chi connectivity index (χ0) is 20.4. The van der Waals surface area contributed by atoms with Crippen LogP contribution in [0.4, 0.5) is 0 Å². The van der Waals surface area contributed by atoms with Crippen molar-refractivity contribution in [2.75, 3.05) is 26.8 Å². The van der Waals surface area contributed by atoms with Crippen molar-refractivity contribution < 1.29 is 28.2 Å². The van der Waals surface area contributed by atoms with E-state index in [2.05, 4.69) is 0 Å². The van der Waals surface area contributed by atoms with Crippen LogP contribution in [0.15, 0.2) is 52.9 Å². The molecule has 4 rings (SSSR count). The Morgan fingerprint density at radius 3 is 2.62 bits per heavy atom. The fourth-order valence-corrected chi connectivity index (χ4v) is 3.23. The highest BCUT2D eigenvalue weighted by Crippen LogP contribution is 2.31. The van der Waals surface area contributed by atoms with Crippen molar-refractivity contribution in [3.05, 3.63) is 59.9 Å². The van der Waals surface area contributed by atoms with Crippen molar-refractivity contribution in [1.82, 2.24) is 4.90 Å². The van der Waals surface area contributed by atoms with Crippen molar-refractivity contribution in [3.63, 3.8) is 0 Å². The zero-order valence-corrected chi connectivity index (χ0v) is 16.2.